The average Bonchev–Trinajstić information content (AvgIpc) is 3.03. The summed E-state index contributed by atoms with van der Waals surface area (Å²) in [7, 11) is 0. The lowest BCUT2D eigenvalue weighted by Crippen LogP contribution is -2.17. The van der Waals surface area contributed by atoms with Gasteiger partial charge < -0.3 is 10.6 Å². The molecule has 1 saturated carbocycles. The Bertz CT molecular complexity index is 653. The summed E-state index contributed by atoms with van der Waals surface area (Å²) in [4.78, 5) is 20.6. The third-order valence-corrected chi connectivity index (χ3v) is 4.04. The number of halogens is 1. The second-order valence-corrected chi connectivity index (χ2v) is 5.75. The van der Waals surface area contributed by atoms with Crippen molar-refractivity contribution >= 4 is 29.0 Å². The fourth-order valence-corrected chi connectivity index (χ4v) is 2.73. The van der Waals surface area contributed by atoms with Crippen LogP contribution in [0.5, 0.6) is 0 Å². The Morgan fingerprint density at radius 2 is 1.91 bits per heavy atom. The van der Waals surface area contributed by atoms with Crippen molar-refractivity contribution in [3.05, 3.63) is 47.4 Å². The van der Waals surface area contributed by atoms with E-state index >= 15 is 0 Å². The zero-order chi connectivity index (χ0) is 15.4. The van der Waals surface area contributed by atoms with E-state index in [1.807, 2.05) is 6.07 Å². The van der Waals surface area contributed by atoms with Gasteiger partial charge in [0, 0.05) is 6.04 Å². The highest BCUT2D eigenvalue weighted by Gasteiger charge is 2.15. The topological polar surface area (TPSA) is 66.9 Å². The molecule has 1 aromatic heterocycles. The first-order chi connectivity index (χ1) is 10.7. The van der Waals surface area contributed by atoms with E-state index in [-0.39, 0.29) is 11.6 Å². The first-order valence-electron chi connectivity index (χ1n) is 7.37. The number of hydrogen-bond acceptors (Lipinski definition) is 4. The number of para-hydroxylation sites is 1. The summed E-state index contributed by atoms with van der Waals surface area (Å²) in [6.45, 7) is 0. The Labute approximate surface area is 134 Å². The molecule has 5 nitrogen and oxygen atoms in total. The van der Waals surface area contributed by atoms with Gasteiger partial charge in [0.2, 0.25) is 0 Å². The van der Waals surface area contributed by atoms with Crippen molar-refractivity contribution in [3.8, 4) is 0 Å². The monoisotopic (exact) mass is 316 g/mol. The van der Waals surface area contributed by atoms with Crippen molar-refractivity contribution < 1.29 is 4.79 Å². The van der Waals surface area contributed by atoms with E-state index in [4.69, 9.17) is 11.6 Å². The normalized spacial score (nSPS) is 14.8. The van der Waals surface area contributed by atoms with Crippen molar-refractivity contribution in [1.29, 1.82) is 0 Å². The molecule has 3 rings (SSSR count). The molecule has 1 aromatic carbocycles. The largest absolute Gasteiger partial charge is 0.366 e. The van der Waals surface area contributed by atoms with Gasteiger partial charge in [-0.2, -0.15) is 0 Å². The molecule has 0 radical (unpaired) electrons. The average molecular weight is 317 g/mol. The molecule has 2 N–H and O–H groups in total. The highest BCUT2D eigenvalue weighted by molar-refractivity contribution is 6.33. The van der Waals surface area contributed by atoms with Gasteiger partial charge >= 0.3 is 0 Å². The van der Waals surface area contributed by atoms with E-state index in [0.29, 0.717) is 22.6 Å². The number of carbonyl (C=O) groups is 1. The molecule has 114 valence electrons. The van der Waals surface area contributed by atoms with Crippen LogP contribution in [-0.2, 0) is 0 Å². The Morgan fingerprint density at radius 3 is 2.59 bits per heavy atom. The Kier molecular flexibility index (Phi) is 4.53. The zero-order valence-electron chi connectivity index (χ0n) is 12.1. The summed E-state index contributed by atoms with van der Waals surface area (Å²) in [5.41, 5.74) is 0.820. The van der Waals surface area contributed by atoms with E-state index in [9.17, 15) is 4.79 Å². The molecule has 1 heterocycles. The minimum Gasteiger partial charge on any atom is -0.366 e. The maximum absolute atomic E-state index is 12.1. The lowest BCUT2D eigenvalue weighted by atomic mass is 10.2. The van der Waals surface area contributed by atoms with Crippen LogP contribution in [0, 0.1) is 0 Å². The van der Waals surface area contributed by atoms with Crippen molar-refractivity contribution in [3.63, 3.8) is 0 Å². The molecule has 0 spiro atoms. The minimum atomic E-state index is -0.326. The molecule has 1 fully saturated rings. The Balaban J connectivity index is 1.64. The summed E-state index contributed by atoms with van der Waals surface area (Å²) in [6.07, 6.45) is 7.91. The summed E-state index contributed by atoms with van der Waals surface area (Å²) >= 11 is 6.02. The van der Waals surface area contributed by atoms with Crippen LogP contribution in [0.2, 0.25) is 5.02 Å². The van der Waals surface area contributed by atoms with Crippen LogP contribution in [0.25, 0.3) is 0 Å². The maximum Gasteiger partial charge on any atom is 0.275 e. The third-order valence-electron chi connectivity index (χ3n) is 3.71. The quantitative estimate of drug-likeness (QED) is 0.901. The molecule has 0 aliphatic heterocycles. The number of amides is 1. The van der Waals surface area contributed by atoms with Crippen LogP contribution in [0.4, 0.5) is 11.5 Å². The van der Waals surface area contributed by atoms with Gasteiger partial charge in [0.1, 0.15) is 11.5 Å². The van der Waals surface area contributed by atoms with E-state index < -0.39 is 0 Å². The predicted molar refractivity (Wildman–Crippen MR) is 87.3 cm³/mol. The predicted octanol–water partition coefficient (Wildman–Crippen LogP) is 3.74. The summed E-state index contributed by atoms with van der Waals surface area (Å²) in [6, 6.07) is 7.54. The van der Waals surface area contributed by atoms with Gasteiger partial charge in [-0.15, -0.1) is 0 Å². The van der Waals surface area contributed by atoms with Gasteiger partial charge in [0.25, 0.3) is 5.91 Å². The molecule has 0 unspecified atom stereocenters. The van der Waals surface area contributed by atoms with Gasteiger partial charge in [0.05, 0.1) is 23.1 Å². The summed E-state index contributed by atoms with van der Waals surface area (Å²) < 4.78 is 0. The van der Waals surface area contributed by atoms with E-state index in [0.717, 1.165) is 12.8 Å². The van der Waals surface area contributed by atoms with E-state index in [1.54, 1.807) is 24.4 Å². The fraction of sp³-hybridized carbons (Fsp3) is 0.312. The fourth-order valence-electron chi connectivity index (χ4n) is 2.55. The van der Waals surface area contributed by atoms with Crippen molar-refractivity contribution in [1.82, 2.24) is 9.97 Å². The molecule has 22 heavy (non-hydrogen) atoms. The molecule has 1 amide bonds. The molecule has 0 bridgehead atoms. The summed E-state index contributed by atoms with van der Waals surface area (Å²) in [5, 5.41) is 6.55. The van der Waals surface area contributed by atoms with E-state index in [1.165, 1.54) is 19.0 Å². The third kappa shape index (κ3) is 3.54. The van der Waals surface area contributed by atoms with Crippen LogP contribution in [0.3, 0.4) is 0 Å². The highest BCUT2D eigenvalue weighted by atomic mass is 35.5. The minimum absolute atomic E-state index is 0.261. The molecule has 6 heteroatoms. The molecule has 1 aliphatic rings. The summed E-state index contributed by atoms with van der Waals surface area (Å²) in [5.74, 6) is 0.384. The van der Waals surface area contributed by atoms with Crippen molar-refractivity contribution in [2.45, 2.75) is 31.7 Å². The van der Waals surface area contributed by atoms with Crippen LogP contribution < -0.4 is 10.6 Å². The van der Waals surface area contributed by atoms with Gasteiger partial charge in [-0.3, -0.25) is 4.79 Å². The number of benzene rings is 1. The van der Waals surface area contributed by atoms with Crippen LogP contribution in [-0.4, -0.2) is 21.9 Å². The number of hydrogen-bond donors (Lipinski definition) is 2. The second-order valence-electron chi connectivity index (χ2n) is 5.35. The maximum atomic E-state index is 12.1. The Hall–Kier alpha value is -2.14. The molecule has 2 aromatic rings. The van der Waals surface area contributed by atoms with Crippen molar-refractivity contribution in [2.24, 2.45) is 0 Å². The molecule has 1 aliphatic carbocycles. The van der Waals surface area contributed by atoms with Crippen molar-refractivity contribution in [2.75, 3.05) is 10.6 Å². The van der Waals surface area contributed by atoms with E-state index in [2.05, 4.69) is 20.6 Å². The van der Waals surface area contributed by atoms with Gasteiger partial charge in [-0.25, -0.2) is 9.97 Å². The van der Waals surface area contributed by atoms with Gasteiger partial charge in [-0.05, 0) is 25.0 Å². The highest BCUT2D eigenvalue weighted by Crippen LogP contribution is 2.22. The van der Waals surface area contributed by atoms with Crippen LogP contribution in [0.15, 0.2) is 36.7 Å². The standard InChI is InChI=1S/C16H17ClN4O/c17-12-7-3-4-8-13(12)21-16(22)14-9-19-15(10-18-14)20-11-5-1-2-6-11/h3-4,7-11H,1-2,5-6H2,(H,19,20)(H,21,22). The smallest absolute Gasteiger partial charge is 0.275 e. The van der Waals surface area contributed by atoms with Gasteiger partial charge in [0.15, 0.2) is 0 Å². The van der Waals surface area contributed by atoms with Gasteiger partial charge in [-0.1, -0.05) is 36.6 Å². The first kappa shape index (κ1) is 14.8. The lowest BCUT2D eigenvalue weighted by Gasteiger charge is -2.12. The lowest BCUT2D eigenvalue weighted by molar-refractivity contribution is 0.102. The number of rotatable bonds is 4. The number of nitrogens with zero attached hydrogens (tertiary/aromatic N) is 2. The van der Waals surface area contributed by atoms with Crippen LogP contribution >= 0.6 is 11.6 Å². The molecular weight excluding hydrogens is 300 g/mol. The van der Waals surface area contributed by atoms with Crippen LogP contribution in [0.1, 0.15) is 36.2 Å². The number of carbonyl (C=O) groups excluding carboxylic acids is 1. The number of aromatic nitrogens is 2. The Morgan fingerprint density at radius 1 is 1.14 bits per heavy atom. The zero-order valence-corrected chi connectivity index (χ0v) is 12.8. The molecule has 0 saturated heterocycles. The number of nitrogens with one attached hydrogen (secondary N) is 2. The second kappa shape index (κ2) is 6.75. The molecule has 0 atom stereocenters. The first-order valence-corrected chi connectivity index (χ1v) is 7.74. The molecular formula is C16H17ClN4O. The SMILES string of the molecule is O=C(Nc1ccccc1Cl)c1cnc(NC2CCCC2)cn1. The number of anilines is 2.